The van der Waals surface area contributed by atoms with Gasteiger partial charge in [0.25, 0.3) is 0 Å². The second-order valence-corrected chi connectivity index (χ2v) is 1.80. The van der Waals surface area contributed by atoms with Gasteiger partial charge in [-0.2, -0.15) is 0 Å². The molecule has 0 atom stereocenters. The molecule has 0 saturated carbocycles. The van der Waals surface area contributed by atoms with Gasteiger partial charge >= 0.3 is 0 Å². The molecule has 1 aliphatic heterocycles. The summed E-state index contributed by atoms with van der Waals surface area (Å²) in [6.45, 7) is 1.94. The van der Waals surface area contributed by atoms with Crippen LogP contribution in [0.15, 0.2) is 0 Å². The fourth-order valence-corrected chi connectivity index (χ4v) is 0.610. The first kappa shape index (κ1) is 4.09. The van der Waals surface area contributed by atoms with Crippen LogP contribution in [0.1, 0.15) is 0 Å². The van der Waals surface area contributed by atoms with Crippen LogP contribution in [-0.4, -0.2) is 24.0 Å². The summed E-state index contributed by atoms with van der Waals surface area (Å²) in [4.78, 5) is 1.95. The second-order valence-electron chi connectivity index (χ2n) is 1.80. The number of rotatable bonds is 0. The van der Waals surface area contributed by atoms with Gasteiger partial charge in [-0.1, -0.05) is 0 Å². The zero-order valence-corrected chi connectivity index (χ0v) is 3.72. The second kappa shape index (κ2) is 1.21. The predicted octanol–water partition coefficient (Wildman–Crippen LogP) is -0.579. The summed E-state index contributed by atoms with van der Waals surface area (Å²) >= 11 is 0. The lowest BCUT2D eigenvalue weighted by Crippen LogP contribution is -2.52. The minimum Gasteiger partial charge on any atom is -0.325 e. The Balaban J connectivity index is 2.11. The SMILES string of the molecule is [CH2]N1CC(N)C1. The maximum Gasteiger partial charge on any atom is 0.0297 e. The topological polar surface area (TPSA) is 29.3 Å². The molecule has 0 aromatic carbocycles. The zero-order valence-electron chi connectivity index (χ0n) is 3.72. The van der Waals surface area contributed by atoms with E-state index in [9.17, 15) is 0 Å². The van der Waals surface area contributed by atoms with E-state index >= 15 is 0 Å². The molecule has 0 bridgehead atoms. The normalized spacial score (nSPS) is 27.0. The highest BCUT2D eigenvalue weighted by molar-refractivity contribution is 4.81. The summed E-state index contributed by atoms with van der Waals surface area (Å²) in [5.41, 5.74) is 5.39. The van der Waals surface area contributed by atoms with Crippen LogP contribution in [0.3, 0.4) is 0 Å². The van der Waals surface area contributed by atoms with E-state index in [-0.39, 0.29) is 0 Å². The Bertz CT molecular complexity index is 41.5. The first-order chi connectivity index (χ1) is 2.79. The van der Waals surface area contributed by atoms with Crippen molar-refractivity contribution in [2.75, 3.05) is 13.1 Å². The van der Waals surface area contributed by atoms with Crippen LogP contribution in [-0.2, 0) is 0 Å². The van der Waals surface area contributed by atoms with Crippen molar-refractivity contribution in [2.24, 2.45) is 5.73 Å². The quantitative estimate of drug-likeness (QED) is 0.426. The Morgan fingerprint density at radius 3 is 2.17 bits per heavy atom. The van der Waals surface area contributed by atoms with Crippen LogP contribution in [0.5, 0.6) is 0 Å². The Hall–Kier alpha value is -0.0800. The third-order valence-corrected chi connectivity index (χ3v) is 0.985. The van der Waals surface area contributed by atoms with Gasteiger partial charge in [-0.25, -0.2) is 0 Å². The average molecular weight is 85.1 g/mol. The lowest BCUT2D eigenvalue weighted by Gasteiger charge is -2.32. The molecular weight excluding hydrogens is 76.1 g/mol. The van der Waals surface area contributed by atoms with Crippen LogP contribution in [0, 0.1) is 7.05 Å². The number of likely N-dealkylation sites (tertiary alicyclic amines) is 1. The zero-order chi connectivity index (χ0) is 4.57. The molecule has 35 valence electrons. The highest BCUT2D eigenvalue weighted by Crippen LogP contribution is 1.99. The largest absolute Gasteiger partial charge is 0.325 e. The van der Waals surface area contributed by atoms with Crippen molar-refractivity contribution in [1.82, 2.24) is 4.90 Å². The van der Waals surface area contributed by atoms with E-state index in [1.807, 2.05) is 4.90 Å². The van der Waals surface area contributed by atoms with Crippen molar-refractivity contribution in [3.8, 4) is 0 Å². The molecule has 1 aliphatic rings. The number of hydrogen-bond acceptors (Lipinski definition) is 2. The Morgan fingerprint density at radius 2 is 2.17 bits per heavy atom. The molecule has 1 fully saturated rings. The van der Waals surface area contributed by atoms with E-state index in [0.717, 1.165) is 13.1 Å². The molecule has 1 rings (SSSR count). The van der Waals surface area contributed by atoms with Gasteiger partial charge in [0.15, 0.2) is 0 Å². The van der Waals surface area contributed by atoms with Crippen molar-refractivity contribution >= 4 is 0 Å². The van der Waals surface area contributed by atoms with Crippen molar-refractivity contribution in [3.63, 3.8) is 0 Å². The van der Waals surface area contributed by atoms with Gasteiger partial charge in [0.05, 0.1) is 0 Å². The van der Waals surface area contributed by atoms with Crippen LogP contribution in [0.4, 0.5) is 0 Å². The molecule has 0 aliphatic carbocycles. The number of nitrogens with zero attached hydrogens (tertiary/aromatic N) is 1. The lowest BCUT2D eigenvalue weighted by atomic mass is 10.2. The summed E-state index contributed by atoms with van der Waals surface area (Å²) < 4.78 is 0. The van der Waals surface area contributed by atoms with Crippen molar-refractivity contribution in [2.45, 2.75) is 6.04 Å². The number of hydrogen-bond donors (Lipinski definition) is 1. The molecule has 1 radical (unpaired) electrons. The molecule has 0 unspecified atom stereocenters. The summed E-state index contributed by atoms with van der Waals surface area (Å²) in [6, 6.07) is 0.405. The van der Waals surface area contributed by atoms with Gasteiger partial charge in [0, 0.05) is 26.2 Å². The van der Waals surface area contributed by atoms with E-state index in [2.05, 4.69) is 7.05 Å². The number of nitrogens with two attached hydrogens (primary N) is 1. The Kier molecular flexibility index (Phi) is 0.821. The van der Waals surface area contributed by atoms with Gasteiger partial charge < -0.3 is 5.73 Å². The van der Waals surface area contributed by atoms with E-state index < -0.39 is 0 Å². The first-order valence-electron chi connectivity index (χ1n) is 2.10. The molecule has 2 N–H and O–H groups in total. The van der Waals surface area contributed by atoms with E-state index in [0.29, 0.717) is 6.04 Å². The maximum atomic E-state index is 5.39. The van der Waals surface area contributed by atoms with E-state index in [4.69, 9.17) is 5.73 Å². The lowest BCUT2D eigenvalue weighted by molar-refractivity contribution is 0.218. The molecule has 0 aromatic heterocycles. The smallest absolute Gasteiger partial charge is 0.0297 e. The van der Waals surface area contributed by atoms with Crippen molar-refractivity contribution in [3.05, 3.63) is 7.05 Å². The highest BCUT2D eigenvalue weighted by Gasteiger charge is 2.17. The molecule has 1 saturated heterocycles. The van der Waals surface area contributed by atoms with Gasteiger partial charge in [-0.15, -0.1) is 0 Å². The van der Waals surface area contributed by atoms with Gasteiger partial charge in [-0.05, 0) is 0 Å². The summed E-state index contributed by atoms with van der Waals surface area (Å²) in [7, 11) is 3.65. The Morgan fingerprint density at radius 1 is 1.67 bits per heavy atom. The fourth-order valence-electron chi connectivity index (χ4n) is 0.610. The van der Waals surface area contributed by atoms with Crippen LogP contribution in [0.25, 0.3) is 0 Å². The molecule has 1 heterocycles. The fraction of sp³-hybridized carbons (Fsp3) is 0.750. The molecule has 2 nitrogen and oxygen atoms in total. The Labute approximate surface area is 37.9 Å². The van der Waals surface area contributed by atoms with E-state index in [1.54, 1.807) is 0 Å². The summed E-state index contributed by atoms with van der Waals surface area (Å²) in [5.74, 6) is 0. The summed E-state index contributed by atoms with van der Waals surface area (Å²) in [6.07, 6.45) is 0. The molecule has 0 aromatic rings. The minimum absolute atomic E-state index is 0.405. The third kappa shape index (κ3) is 0.533. The molecule has 0 amide bonds. The molecule has 2 heteroatoms. The average Bonchev–Trinajstić information content (AvgIpc) is 1.33. The predicted molar refractivity (Wildman–Crippen MR) is 24.9 cm³/mol. The molecule has 0 spiro atoms. The summed E-state index contributed by atoms with van der Waals surface area (Å²) in [5, 5.41) is 0. The van der Waals surface area contributed by atoms with Gasteiger partial charge in [-0.3, -0.25) is 4.90 Å². The molecular formula is C4H9N2. The van der Waals surface area contributed by atoms with Gasteiger partial charge in [0.1, 0.15) is 0 Å². The van der Waals surface area contributed by atoms with Crippen LogP contribution < -0.4 is 5.73 Å². The van der Waals surface area contributed by atoms with Crippen molar-refractivity contribution < 1.29 is 0 Å². The standard InChI is InChI=1S/C4H9N2/c1-6-2-4(5)3-6/h4H,1-3,5H2. The van der Waals surface area contributed by atoms with Crippen LogP contribution in [0.2, 0.25) is 0 Å². The van der Waals surface area contributed by atoms with Crippen molar-refractivity contribution in [1.29, 1.82) is 0 Å². The highest BCUT2D eigenvalue weighted by atomic mass is 15.2. The van der Waals surface area contributed by atoms with Gasteiger partial charge in [0.2, 0.25) is 0 Å². The third-order valence-electron chi connectivity index (χ3n) is 0.985. The molecule has 6 heavy (non-hydrogen) atoms. The first-order valence-corrected chi connectivity index (χ1v) is 2.10. The maximum absolute atomic E-state index is 5.39. The van der Waals surface area contributed by atoms with Crippen LogP contribution >= 0.6 is 0 Å². The minimum atomic E-state index is 0.405. The monoisotopic (exact) mass is 85.1 g/mol. The van der Waals surface area contributed by atoms with E-state index in [1.165, 1.54) is 0 Å².